The average molecular weight is 413 g/mol. The molecule has 0 amide bonds. The quantitative estimate of drug-likeness (QED) is 0.240. The lowest BCUT2D eigenvalue weighted by Crippen LogP contribution is -2.13. The third-order valence-corrected chi connectivity index (χ3v) is 6.07. The van der Waals surface area contributed by atoms with Crippen molar-refractivity contribution in [3.8, 4) is 28.0 Å². The summed E-state index contributed by atoms with van der Waals surface area (Å²) in [6.07, 6.45) is 2.43. The Bertz CT molecular complexity index is 1480. The van der Waals surface area contributed by atoms with E-state index < -0.39 is 0 Å². The summed E-state index contributed by atoms with van der Waals surface area (Å²) in [4.78, 5) is 18.1. The molecule has 6 rings (SSSR count). The monoisotopic (exact) mass is 413 g/mol. The molecule has 3 nitrogen and oxygen atoms in total. The van der Waals surface area contributed by atoms with Gasteiger partial charge in [-0.15, -0.1) is 0 Å². The first-order valence-corrected chi connectivity index (χ1v) is 10.6. The van der Waals surface area contributed by atoms with Crippen LogP contribution in [0.25, 0.3) is 33.2 Å². The second-order valence-electron chi connectivity index (χ2n) is 7.93. The molecule has 0 N–H and O–H groups in total. The molecular weight excluding hydrogens is 394 g/mol. The summed E-state index contributed by atoms with van der Waals surface area (Å²) in [5.74, 6) is 0.117. The van der Waals surface area contributed by atoms with E-state index in [1.54, 1.807) is 12.3 Å². The molecule has 0 bridgehead atoms. The van der Waals surface area contributed by atoms with Gasteiger partial charge in [-0.25, -0.2) is 4.79 Å². The summed E-state index contributed by atoms with van der Waals surface area (Å²) in [6, 6.07) is 32.0. The Morgan fingerprint density at radius 2 is 1.50 bits per heavy atom. The van der Waals surface area contributed by atoms with E-state index in [9.17, 15) is 4.79 Å². The SMILES string of the molecule is O=C(Oc1cccc2cccnc12)c1c(-c2ccccc2)ccc2c1Cc1ccccc1-2. The van der Waals surface area contributed by atoms with Crippen molar-refractivity contribution >= 4 is 16.9 Å². The average Bonchev–Trinajstić information content (AvgIpc) is 3.23. The zero-order valence-corrected chi connectivity index (χ0v) is 17.3. The molecule has 32 heavy (non-hydrogen) atoms. The van der Waals surface area contributed by atoms with Gasteiger partial charge in [0.05, 0.1) is 5.56 Å². The van der Waals surface area contributed by atoms with E-state index in [0.29, 0.717) is 23.3 Å². The fourth-order valence-electron chi connectivity index (χ4n) is 4.61. The maximum Gasteiger partial charge on any atom is 0.344 e. The van der Waals surface area contributed by atoms with Gasteiger partial charge >= 0.3 is 5.97 Å². The predicted octanol–water partition coefficient (Wildman–Crippen LogP) is 6.69. The zero-order valence-electron chi connectivity index (χ0n) is 17.3. The molecule has 5 aromatic rings. The first-order valence-electron chi connectivity index (χ1n) is 10.6. The highest BCUT2D eigenvalue weighted by Crippen LogP contribution is 2.42. The molecule has 0 radical (unpaired) electrons. The minimum atomic E-state index is -0.355. The standard InChI is InChI=1S/C29H19NO2/c31-29(32-26-14-6-11-20-12-7-17-30-28(20)26)27-23(19-8-2-1-3-9-19)15-16-24-22-13-5-4-10-21(22)18-25(24)27/h1-17H,18H2. The third-order valence-electron chi connectivity index (χ3n) is 6.07. The maximum absolute atomic E-state index is 13.7. The second kappa shape index (κ2) is 7.47. The topological polar surface area (TPSA) is 39.2 Å². The highest BCUT2D eigenvalue weighted by atomic mass is 16.5. The number of aromatic nitrogens is 1. The Morgan fingerprint density at radius 3 is 2.41 bits per heavy atom. The first-order chi connectivity index (χ1) is 15.8. The van der Waals surface area contributed by atoms with Gasteiger partial charge in [-0.1, -0.05) is 84.9 Å². The number of nitrogens with zero attached hydrogens (tertiary/aromatic N) is 1. The van der Waals surface area contributed by atoms with E-state index in [1.165, 1.54) is 11.1 Å². The van der Waals surface area contributed by atoms with Gasteiger partial charge in [-0.2, -0.15) is 0 Å². The molecule has 4 aromatic carbocycles. The number of pyridine rings is 1. The van der Waals surface area contributed by atoms with Crippen molar-refractivity contribution in [3.05, 3.63) is 120 Å². The van der Waals surface area contributed by atoms with Gasteiger partial charge in [0.1, 0.15) is 5.52 Å². The Morgan fingerprint density at radius 1 is 0.719 bits per heavy atom. The van der Waals surface area contributed by atoms with Gasteiger partial charge in [-0.3, -0.25) is 4.98 Å². The molecule has 0 aliphatic heterocycles. The lowest BCUT2D eigenvalue weighted by Gasteiger charge is -2.15. The van der Waals surface area contributed by atoms with E-state index in [-0.39, 0.29) is 5.97 Å². The highest BCUT2D eigenvalue weighted by Gasteiger charge is 2.28. The number of carbonyl (C=O) groups excluding carboxylic acids is 1. The molecule has 0 spiro atoms. The number of hydrogen-bond donors (Lipinski definition) is 0. The number of fused-ring (bicyclic) bond motifs is 4. The number of esters is 1. The van der Waals surface area contributed by atoms with Crippen molar-refractivity contribution in [3.63, 3.8) is 0 Å². The second-order valence-corrected chi connectivity index (χ2v) is 7.93. The summed E-state index contributed by atoms with van der Waals surface area (Å²) in [5.41, 5.74) is 7.72. The molecule has 1 aliphatic carbocycles. The normalized spacial score (nSPS) is 11.8. The molecule has 0 unspecified atom stereocenters. The van der Waals surface area contributed by atoms with E-state index in [4.69, 9.17) is 4.74 Å². The van der Waals surface area contributed by atoms with Crippen LogP contribution in [0.15, 0.2) is 103 Å². The summed E-state index contributed by atoms with van der Waals surface area (Å²) in [5, 5.41) is 0.937. The van der Waals surface area contributed by atoms with Crippen molar-refractivity contribution in [1.29, 1.82) is 0 Å². The van der Waals surface area contributed by atoms with Gasteiger partial charge < -0.3 is 4.74 Å². The molecule has 0 saturated heterocycles. The van der Waals surface area contributed by atoms with Gasteiger partial charge in [-0.05, 0) is 51.9 Å². The van der Waals surface area contributed by atoms with Crippen LogP contribution in [0.1, 0.15) is 21.5 Å². The van der Waals surface area contributed by atoms with Crippen LogP contribution >= 0.6 is 0 Å². The zero-order chi connectivity index (χ0) is 21.5. The summed E-state index contributed by atoms with van der Waals surface area (Å²) < 4.78 is 6.00. The van der Waals surface area contributed by atoms with Crippen LogP contribution in [0.4, 0.5) is 0 Å². The van der Waals surface area contributed by atoms with Gasteiger partial charge in [0.15, 0.2) is 5.75 Å². The van der Waals surface area contributed by atoms with E-state index in [2.05, 4.69) is 23.2 Å². The number of carbonyl (C=O) groups is 1. The van der Waals surface area contributed by atoms with Crippen molar-refractivity contribution in [2.75, 3.05) is 0 Å². The van der Waals surface area contributed by atoms with E-state index in [1.807, 2.05) is 72.8 Å². The predicted molar refractivity (Wildman–Crippen MR) is 127 cm³/mol. The summed E-state index contributed by atoms with van der Waals surface area (Å²) in [6.45, 7) is 0. The molecule has 0 atom stereocenters. The smallest absolute Gasteiger partial charge is 0.344 e. The number of benzene rings is 4. The van der Waals surface area contributed by atoms with Gasteiger partial charge in [0.2, 0.25) is 0 Å². The van der Waals surface area contributed by atoms with Gasteiger partial charge in [0, 0.05) is 11.6 Å². The van der Waals surface area contributed by atoms with Crippen LogP contribution in [0.3, 0.4) is 0 Å². The first kappa shape index (κ1) is 18.5. The van der Waals surface area contributed by atoms with E-state index >= 15 is 0 Å². The maximum atomic E-state index is 13.7. The fourth-order valence-corrected chi connectivity index (χ4v) is 4.61. The molecule has 0 saturated carbocycles. The van der Waals surface area contributed by atoms with Crippen molar-refractivity contribution in [1.82, 2.24) is 4.98 Å². The summed E-state index contributed by atoms with van der Waals surface area (Å²) in [7, 11) is 0. The molecule has 1 aromatic heterocycles. The lowest BCUT2D eigenvalue weighted by atomic mass is 9.92. The molecule has 3 heteroatoms. The van der Waals surface area contributed by atoms with Crippen LogP contribution in [0.5, 0.6) is 5.75 Å². The fraction of sp³-hybridized carbons (Fsp3) is 0.0345. The Hall–Kier alpha value is -4.24. The van der Waals surface area contributed by atoms with Crippen LogP contribution in [0.2, 0.25) is 0 Å². The Kier molecular flexibility index (Phi) is 4.32. The van der Waals surface area contributed by atoms with Crippen molar-refractivity contribution in [2.45, 2.75) is 6.42 Å². The summed E-state index contributed by atoms with van der Waals surface area (Å²) >= 11 is 0. The van der Waals surface area contributed by atoms with Crippen LogP contribution in [0, 0.1) is 0 Å². The molecular formula is C29H19NO2. The minimum Gasteiger partial charge on any atom is -0.421 e. The van der Waals surface area contributed by atoms with Crippen LogP contribution < -0.4 is 4.74 Å². The minimum absolute atomic E-state index is 0.355. The Labute approximate surface area is 186 Å². The van der Waals surface area contributed by atoms with Crippen molar-refractivity contribution in [2.24, 2.45) is 0 Å². The van der Waals surface area contributed by atoms with Crippen molar-refractivity contribution < 1.29 is 9.53 Å². The Balaban J connectivity index is 1.52. The highest BCUT2D eigenvalue weighted by molar-refractivity contribution is 6.04. The lowest BCUT2D eigenvalue weighted by molar-refractivity contribution is 0.0736. The number of rotatable bonds is 3. The van der Waals surface area contributed by atoms with Gasteiger partial charge in [0.25, 0.3) is 0 Å². The molecule has 0 fully saturated rings. The number of ether oxygens (including phenoxy) is 1. The van der Waals surface area contributed by atoms with Crippen LogP contribution in [-0.2, 0) is 6.42 Å². The molecule has 152 valence electrons. The third kappa shape index (κ3) is 2.98. The number of hydrogen-bond acceptors (Lipinski definition) is 3. The van der Waals surface area contributed by atoms with E-state index in [0.717, 1.165) is 27.6 Å². The number of para-hydroxylation sites is 1. The van der Waals surface area contributed by atoms with Crippen LogP contribution in [-0.4, -0.2) is 11.0 Å². The molecule has 1 heterocycles. The largest absolute Gasteiger partial charge is 0.421 e. The molecule has 1 aliphatic rings.